The maximum atomic E-state index is 6.38. The van der Waals surface area contributed by atoms with Crippen LogP contribution in [0.5, 0.6) is 0 Å². The van der Waals surface area contributed by atoms with Gasteiger partial charge in [-0.25, -0.2) is 0 Å². The number of hydrogen-bond acceptors (Lipinski definition) is 5. The molecule has 3 aromatic rings. The van der Waals surface area contributed by atoms with Crippen molar-refractivity contribution in [3.05, 3.63) is 108 Å². The van der Waals surface area contributed by atoms with E-state index in [1.165, 1.54) is 0 Å². The third-order valence-electron chi connectivity index (χ3n) is 5.91. The summed E-state index contributed by atoms with van der Waals surface area (Å²) in [6.45, 7) is 2.19. The van der Waals surface area contributed by atoms with Crippen LogP contribution in [0.4, 0.5) is 0 Å². The molecule has 0 unspecified atom stereocenters. The highest BCUT2D eigenvalue weighted by Gasteiger charge is 2.63. The Balaban J connectivity index is 1.28. The van der Waals surface area contributed by atoms with Crippen molar-refractivity contribution in [1.29, 1.82) is 0 Å². The van der Waals surface area contributed by atoms with Crippen molar-refractivity contribution in [3.8, 4) is 0 Å². The molecule has 0 aromatic heterocycles. The highest BCUT2D eigenvalue weighted by atomic mass is 16.8. The third-order valence-corrected chi connectivity index (χ3v) is 5.91. The van der Waals surface area contributed by atoms with Gasteiger partial charge in [0.15, 0.2) is 0 Å². The Hall–Kier alpha value is -2.54. The van der Waals surface area contributed by atoms with Crippen molar-refractivity contribution in [2.24, 2.45) is 0 Å². The highest BCUT2D eigenvalue weighted by molar-refractivity contribution is 5.16. The van der Waals surface area contributed by atoms with Crippen LogP contribution < -0.4 is 0 Å². The van der Waals surface area contributed by atoms with Crippen LogP contribution in [0, 0.1) is 0 Å². The van der Waals surface area contributed by atoms with Gasteiger partial charge in [-0.1, -0.05) is 91.0 Å². The van der Waals surface area contributed by atoms with Crippen molar-refractivity contribution in [2.45, 2.75) is 43.9 Å². The standard InChI is InChI=1S/C27H28O5/c1-4-10-21(11-5-1)16-28-20-27-26(30-18-23-14-8-3-9-15-23)25(24(32-27)19-31-27)29-17-22-12-6-2-7-13-22/h1-15,24-26H,16-20H2/t24-,25-,26+,27-/m1/s1. The zero-order chi connectivity index (χ0) is 21.6. The van der Waals surface area contributed by atoms with Gasteiger partial charge >= 0.3 is 0 Å². The van der Waals surface area contributed by atoms with E-state index < -0.39 is 5.79 Å². The quantitative estimate of drug-likeness (QED) is 0.472. The van der Waals surface area contributed by atoms with E-state index in [1.807, 2.05) is 78.9 Å². The molecule has 3 aromatic carbocycles. The van der Waals surface area contributed by atoms with E-state index in [2.05, 4.69) is 12.1 Å². The first kappa shape index (κ1) is 21.3. The number of ether oxygens (including phenoxy) is 5. The van der Waals surface area contributed by atoms with Gasteiger partial charge in [0.2, 0.25) is 5.79 Å². The number of hydrogen-bond donors (Lipinski definition) is 0. The average molecular weight is 433 g/mol. The summed E-state index contributed by atoms with van der Waals surface area (Å²) in [7, 11) is 0. The van der Waals surface area contributed by atoms with Crippen LogP contribution in [0.1, 0.15) is 16.7 Å². The molecular weight excluding hydrogens is 404 g/mol. The molecule has 0 amide bonds. The number of rotatable bonds is 10. The summed E-state index contributed by atoms with van der Waals surface area (Å²) in [6.07, 6.45) is -0.797. The topological polar surface area (TPSA) is 46.2 Å². The maximum absolute atomic E-state index is 6.38. The van der Waals surface area contributed by atoms with Crippen molar-refractivity contribution in [3.63, 3.8) is 0 Å². The molecule has 0 saturated carbocycles. The van der Waals surface area contributed by atoms with Crippen LogP contribution in [-0.2, 0) is 43.5 Å². The van der Waals surface area contributed by atoms with E-state index in [1.54, 1.807) is 0 Å². The van der Waals surface area contributed by atoms with E-state index in [4.69, 9.17) is 23.7 Å². The molecule has 5 heteroatoms. The molecule has 2 aliphatic rings. The monoisotopic (exact) mass is 432 g/mol. The molecule has 0 aliphatic carbocycles. The van der Waals surface area contributed by atoms with Gasteiger partial charge < -0.3 is 23.7 Å². The van der Waals surface area contributed by atoms with Crippen LogP contribution in [0.3, 0.4) is 0 Å². The average Bonchev–Trinajstić information content (AvgIpc) is 3.40. The van der Waals surface area contributed by atoms with Crippen LogP contribution in [0.15, 0.2) is 91.0 Å². The Labute approximate surface area is 188 Å². The minimum Gasteiger partial charge on any atom is -0.371 e. The first-order valence-electron chi connectivity index (χ1n) is 11.1. The lowest BCUT2D eigenvalue weighted by atomic mass is 10.0. The fourth-order valence-corrected chi connectivity index (χ4v) is 4.29. The van der Waals surface area contributed by atoms with E-state index in [0.29, 0.717) is 26.4 Å². The Bertz CT molecular complexity index is 965. The Morgan fingerprint density at radius 3 is 1.81 bits per heavy atom. The largest absolute Gasteiger partial charge is 0.371 e. The Morgan fingerprint density at radius 2 is 1.22 bits per heavy atom. The van der Waals surface area contributed by atoms with E-state index >= 15 is 0 Å². The normalized spacial score (nSPS) is 26.4. The minimum absolute atomic E-state index is 0.181. The Kier molecular flexibility index (Phi) is 6.62. The van der Waals surface area contributed by atoms with Gasteiger partial charge in [0, 0.05) is 0 Å². The SMILES string of the molecule is c1ccc(COC[C@@]23OC[C@@H](O2)[C@@H](OCc2ccccc2)[C@@H]3OCc2ccccc2)cc1. The fraction of sp³-hybridized carbons (Fsp3) is 0.333. The van der Waals surface area contributed by atoms with Gasteiger partial charge in [-0.2, -0.15) is 0 Å². The van der Waals surface area contributed by atoms with E-state index in [0.717, 1.165) is 16.7 Å². The zero-order valence-corrected chi connectivity index (χ0v) is 18.0. The molecule has 5 rings (SSSR count). The lowest BCUT2D eigenvalue weighted by molar-refractivity contribution is -0.252. The molecule has 2 heterocycles. The Morgan fingerprint density at radius 1 is 0.688 bits per heavy atom. The summed E-state index contributed by atoms with van der Waals surface area (Å²) < 4.78 is 31.1. The van der Waals surface area contributed by atoms with Crippen molar-refractivity contribution in [1.82, 2.24) is 0 Å². The van der Waals surface area contributed by atoms with Gasteiger partial charge in [-0.15, -0.1) is 0 Å². The minimum atomic E-state index is -0.963. The molecule has 2 aliphatic heterocycles. The number of benzene rings is 3. The molecular formula is C27H28O5. The smallest absolute Gasteiger partial charge is 0.222 e. The predicted molar refractivity (Wildman–Crippen MR) is 120 cm³/mol. The van der Waals surface area contributed by atoms with Gasteiger partial charge in [0.1, 0.15) is 24.9 Å². The molecule has 2 bridgehead atoms. The van der Waals surface area contributed by atoms with Crippen molar-refractivity contribution < 1.29 is 23.7 Å². The summed E-state index contributed by atoms with van der Waals surface area (Å²) in [5, 5.41) is 0. The molecule has 5 nitrogen and oxygen atoms in total. The molecule has 2 fully saturated rings. The molecule has 0 spiro atoms. The van der Waals surface area contributed by atoms with Crippen LogP contribution >= 0.6 is 0 Å². The van der Waals surface area contributed by atoms with Crippen LogP contribution in [0.2, 0.25) is 0 Å². The van der Waals surface area contributed by atoms with E-state index in [-0.39, 0.29) is 24.9 Å². The van der Waals surface area contributed by atoms with Gasteiger partial charge in [-0.3, -0.25) is 0 Å². The van der Waals surface area contributed by atoms with Gasteiger partial charge in [0.25, 0.3) is 0 Å². The molecule has 0 N–H and O–H groups in total. The van der Waals surface area contributed by atoms with Gasteiger partial charge in [0.05, 0.1) is 26.4 Å². The second-order valence-electron chi connectivity index (χ2n) is 8.24. The van der Waals surface area contributed by atoms with Crippen molar-refractivity contribution in [2.75, 3.05) is 13.2 Å². The summed E-state index contributed by atoms with van der Waals surface area (Å²) >= 11 is 0. The van der Waals surface area contributed by atoms with Crippen molar-refractivity contribution >= 4 is 0 Å². The summed E-state index contributed by atoms with van der Waals surface area (Å²) in [5.74, 6) is -0.963. The lowest BCUT2D eigenvalue weighted by Gasteiger charge is -2.35. The summed E-state index contributed by atoms with van der Waals surface area (Å²) in [5.41, 5.74) is 3.32. The molecule has 32 heavy (non-hydrogen) atoms. The predicted octanol–water partition coefficient (Wildman–Crippen LogP) is 4.50. The van der Waals surface area contributed by atoms with E-state index in [9.17, 15) is 0 Å². The third kappa shape index (κ3) is 4.77. The lowest BCUT2D eigenvalue weighted by Crippen LogP contribution is -2.53. The van der Waals surface area contributed by atoms with Crippen LogP contribution in [-0.4, -0.2) is 37.3 Å². The first-order valence-corrected chi connectivity index (χ1v) is 11.1. The molecule has 166 valence electrons. The summed E-state index contributed by atoms with van der Waals surface area (Å²) in [4.78, 5) is 0. The maximum Gasteiger partial charge on any atom is 0.222 e. The van der Waals surface area contributed by atoms with Crippen LogP contribution in [0.25, 0.3) is 0 Å². The zero-order valence-electron chi connectivity index (χ0n) is 18.0. The molecule has 2 saturated heterocycles. The second kappa shape index (κ2) is 9.94. The highest BCUT2D eigenvalue weighted by Crippen LogP contribution is 2.43. The van der Waals surface area contributed by atoms with Gasteiger partial charge in [-0.05, 0) is 16.7 Å². The molecule has 0 radical (unpaired) electrons. The first-order chi connectivity index (χ1) is 15.8. The fourth-order valence-electron chi connectivity index (χ4n) is 4.29. The number of fused-ring (bicyclic) bond motifs is 2. The second-order valence-corrected chi connectivity index (χ2v) is 8.24. The molecule has 4 atom stereocenters. The summed E-state index contributed by atoms with van der Waals surface area (Å²) in [6, 6.07) is 30.4.